The molecule has 1 atom stereocenters. The second kappa shape index (κ2) is 9.15. The molecular formula is C19H26ClF3N2O2. The molecular weight excluding hydrogens is 381 g/mol. The summed E-state index contributed by atoms with van der Waals surface area (Å²) in [6, 6.07) is 4.72. The van der Waals surface area contributed by atoms with Gasteiger partial charge in [0.2, 0.25) is 0 Å². The van der Waals surface area contributed by atoms with Crippen LogP contribution in [0.3, 0.4) is 0 Å². The van der Waals surface area contributed by atoms with Crippen molar-refractivity contribution in [2.45, 2.75) is 57.3 Å². The molecule has 0 saturated carbocycles. The Balaban J connectivity index is 0.00000261. The van der Waals surface area contributed by atoms with Gasteiger partial charge < -0.3 is 15.0 Å². The zero-order valence-electron chi connectivity index (χ0n) is 15.3. The van der Waals surface area contributed by atoms with Crippen molar-refractivity contribution in [1.29, 1.82) is 0 Å². The minimum absolute atomic E-state index is 0. The molecule has 0 radical (unpaired) electrons. The number of halogens is 4. The van der Waals surface area contributed by atoms with Crippen LogP contribution in [0.4, 0.5) is 13.2 Å². The number of amides is 1. The number of nitrogens with one attached hydrogen (secondary N) is 1. The molecule has 1 unspecified atom stereocenters. The van der Waals surface area contributed by atoms with Crippen molar-refractivity contribution in [2.24, 2.45) is 0 Å². The molecule has 1 aromatic rings. The van der Waals surface area contributed by atoms with E-state index in [4.69, 9.17) is 0 Å². The van der Waals surface area contributed by atoms with Crippen molar-refractivity contribution in [3.8, 4) is 5.75 Å². The highest BCUT2D eigenvalue weighted by Crippen LogP contribution is 2.34. The Morgan fingerprint density at radius 1 is 1.19 bits per heavy atom. The Bertz CT molecular complexity index is 648. The Kier molecular flexibility index (Phi) is 7.40. The number of alkyl halides is 3. The van der Waals surface area contributed by atoms with Gasteiger partial charge in [0.05, 0.1) is 5.56 Å². The molecule has 2 aliphatic rings. The van der Waals surface area contributed by atoms with E-state index in [0.29, 0.717) is 6.54 Å². The fraction of sp³-hybridized carbons (Fsp3) is 0.632. The Hall–Kier alpha value is -1.47. The molecule has 1 N–H and O–H groups in total. The van der Waals surface area contributed by atoms with Gasteiger partial charge in [-0.25, -0.2) is 0 Å². The largest absolute Gasteiger partial charge is 0.573 e. The van der Waals surface area contributed by atoms with E-state index in [0.717, 1.165) is 50.8 Å². The fourth-order valence-electron chi connectivity index (χ4n) is 3.89. The maximum Gasteiger partial charge on any atom is 0.573 e. The van der Waals surface area contributed by atoms with Crippen molar-refractivity contribution in [2.75, 3.05) is 19.6 Å². The monoisotopic (exact) mass is 406 g/mol. The highest BCUT2D eigenvalue weighted by molar-refractivity contribution is 5.97. The van der Waals surface area contributed by atoms with Crippen LogP contribution in [0, 0.1) is 0 Å². The van der Waals surface area contributed by atoms with E-state index in [-0.39, 0.29) is 41.6 Å². The zero-order chi connectivity index (χ0) is 18.7. The van der Waals surface area contributed by atoms with E-state index in [1.54, 1.807) is 11.0 Å². The summed E-state index contributed by atoms with van der Waals surface area (Å²) in [4.78, 5) is 14.5. The maximum atomic E-state index is 12.9. The lowest BCUT2D eigenvalue weighted by Crippen LogP contribution is -2.42. The van der Waals surface area contributed by atoms with Crippen LogP contribution in [0.2, 0.25) is 0 Å². The van der Waals surface area contributed by atoms with Gasteiger partial charge in [0.15, 0.2) is 0 Å². The van der Waals surface area contributed by atoms with Crippen LogP contribution in [0.15, 0.2) is 18.2 Å². The van der Waals surface area contributed by atoms with E-state index in [1.807, 2.05) is 6.92 Å². The third kappa shape index (κ3) is 5.51. The smallest absolute Gasteiger partial charge is 0.405 e. The quantitative estimate of drug-likeness (QED) is 0.804. The third-order valence-electron chi connectivity index (χ3n) is 5.34. The van der Waals surface area contributed by atoms with Gasteiger partial charge in [-0.3, -0.25) is 4.79 Å². The molecule has 2 aliphatic heterocycles. The van der Waals surface area contributed by atoms with Gasteiger partial charge in [0.25, 0.3) is 5.91 Å². The van der Waals surface area contributed by atoms with Gasteiger partial charge in [-0.1, -0.05) is 6.07 Å². The molecule has 3 rings (SSSR count). The van der Waals surface area contributed by atoms with Crippen LogP contribution in [0.1, 0.15) is 60.9 Å². The molecule has 152 valence electrons. The van der Waals surface area contributed by atoms with Crippen LogP contribution in [0.5, 0.6) is 5.75 Å². The summed E-state index contributed by atoms with van der Waals surface area (Å²) in [5.74, 6) is -0.575. The lowest BCUT2D eigenvalue weighted by molar-refractivity contribution is -0.274. The van der Waals surface area contributed by atoms with E-state index >= 15 is 0 Å². The number of rotatable bonds is 3. The lowest BCUT2D eigenvalue weighted by Gasteiger charge is -2.34. The molecule has 2 fully saturated rings. The topological polar surface area (TPSA) is 41.6 Å². The highest BCUT2D eigenvalue weighted by Gasteiger charge is 2.35. The molecule has 4 nitrogen and oxygen atoms in total. The number of piperidine rings is 2. The van der Waals surface area contributed by atoms with Crippen LogP contribution in [-0.4, -0.2) is 42.8 Å². The van der Waals surface area contributed by atoms with Gasteiger partial charge in [-0.2, -0.15) is 0 Å². The molecule has 0 aromatic heterocycles. The number of benzene rings is 1. The van der Waals surface area contributed by atoms with Crippen LogP contribution >= 0.6 is 12.4 Å². The van der Waals surface area contributed by atoms with Crippen molar-refractivity contribution >= 4 is 18.3 Å². The average molecular weight is 407 g/mol. The minimum Gasteiger partial charge on any atom is -0.405 e. The van der Waals surface area contributed by atoms with Gasteiger partial charge in [0, 0.05) is 12.6 Å². The standard InChI is InChI=1S/C19H25F3N2O2.ClH/c1-13-4-2-3-11-24(13)18(25)16-6-5-15(14-7-9-23-10-8-14)12-17(16)26-19(20,21)22;/h5-6,12-14,23H,2-4,7-11H2,1H3;1H. The molecule has 1 amide bonds. The van der Waals surface area contributed by atoms with Gasteiger partial charge >= 0.3 is 6.36 Å². The number of ether oxygens (including phenoxy) is 1. The van der Waals surface area contributed by atoms with Crippen molar-refractivity contribution in [3.63, 3.8) is 0 Å². The van der Waals surface area contributed by atoms with Crippen molar-refractivity contribution in [1.82, 2.24) is 10.2 Å². The van der Waals surface area contributed by atoms with E-state index in [1.165, 1.54) is 12.1 Å². The zero-order valence-corrected chi connectivity index (χ0v) is 16.2. The van der Waals surface area contributed by atoms with Crippen molar-refractivity contribution < 1.29 is 22.7 Å². The van der Waals surface area contributed by atoms with E-state index in [9.17, 15) is 18.0 Å². The van der Waals surface area contributed by atoms with Crippen molar-refractivity contribution in [3.05, 3.63) is 29.3 Å². The maximum absolute atomic E-state index is 12.9. The number of hydrogen-bond acceptors (Lipinski definition) is 3. The van der Waals surface area contributed by atoms with Gasteiger partial charge in [-0.05, 0) is 75.7 Å². The molecule has 2 heterocycles. The lowest BCUT2D eigenvalue weighted by atomic mass is 9.89. The molecule has 8 heteroatoms. The first-order chi connectivity index (χ1) is 12.3. The summed E-state index contributed by atoms with van der Waals surface area (Å²) in [5, 5.41) is 3.24. The first-order valence-corrected chi connectivity index (χ1v) is 9.26. The second-order valence-electron chi connectivity index (χ2n) is 7.17. The van der Waals surface area contributed by atoms with Crippen LogP contribution in [0.25, 0.3) is 0 Å². The van der Waals surface area contributed by atoms with E-state index in [2.05, 4.69) is 10.1 Å². The second-order valence-corrected chi connectivity index (χ2v) is 7.17. The number of hydrogen-bond donors (Lipinski definition) is 1. The summed E-state index contributed by atoms with van der Waals surface area (Å²) in [5.41, 5.74) is 0.794. The fourth-order valence-corrected chi connectivity index (χ4v) is 3.89. The highest BCUT2D eigenvalue weighted by atomic mass is 35.5. The summed E-state index contributed by atoms with van der Waals surface area (Å²) < 4.78 is 43.0. The molecule has 27 heavy (non-hydrogen) atoms. The summed E-state index contributed by atoms with van der Waals surface area (Å²) >= 11 is 0. The predicted molar refractivity (Wildman–Crippen MR) is 99.6 cm³/mol. The Labute approximate surface area is 163 Å². The normalized spacial score (nSPS) is 21.5. The molecule has 0 spiro atoms. The number of carbonyl (C=O) groups excluding carboxylic acids is 1. The Morgan fingerprint density at radius 3 is 2.52 bits per heavy atom. The molecule has 0 aliphatic carbocycles. The number of nitrogens with zero attached hydrogens (tertiary/aromatic N) is 1. The SMILES string of the molecule is CC1CCCCN1C(=O)c1ccc(C2CCNCC2)cc1OC(F)(F)F.Cl. The number of carbonyl (C=O) groups is 1. The predicted octanol–water partition coefficient (Wildman–Crippen LogP) is 4.49. The van der Waals surface area contributed by atoms with Gasteiger partial charge in [0.1, 0.15) is 5.75 Å². The van der Waals surface area contributed by atoms with E-state index < -0.39 is 6.36 Å². The molecule has 2 saturated heterocycles. The van der Waals surface area contributed by atoms with Crippen LogP contribution < -0.4 is 10.1 Å². The first-order valence-electron chi connectivity index (χ1n) is 9.26. The molecule has 0 bridgehead atoms. The van der Waals surface area contributed by atoms with Gasteiger partial charge in [-0.15, -0.1) is 25.6 Å². The first kappa shape index (κ1) is 21.8. The summed E-state index contributed by atoms with van der Waals surface area (Å²) in [6.45, 7) is 4.18. The Morgan fingerprint density at radius 2 is 1.89 bits per heavy atom. The summed E-state index contributed by atoms with van der Waals surface area (Å²) in [7, 11) is 0. The number of likely N-dealkylation sites (tertiary alicyclic amines) is 1. The van der Waals surface area contributed by atoms with Crippen LogP contribution in [-0.2, 0) is 0 Å². The average Bonchev–Trinajstić information content (AvgIpc) is 2.61. The molecule has 1 aromatic carbocycles. The summed E-state index contributed by atoms with van der Waals surface area (Å²) in [6.07, 6.45) is -0.322. The minimum atomic E-state index is -4.82. The third-order valence-corrected chi connectivity index (χ3v) is 5.34.